The highest BCUT2D eigenvalue weighted by atomic mass is 35.5. The molecule has 0 radical (unpaired) electrons. The Balaban J connectivity index is 0.00000364. The molecule has 0 aliphatic carbocycles. The number of carbonyl (C=O) groups is 1. The van der Waals surface area contributed by atoms with Crippen molar-refractivity contribution in [3.05, 3.63) is 33.9 Å². The van der Waals surface area contributed by atoms with Crippen LogP contribution in [0.5, 0.6) is 0 Å². The first-order chi connectivity index (χ1) is 12.0. The van der Waals surface area contributed by atoms with Crippen LogP contribution in [-0.2, 0) is 11.0 Å². The number of halogens is 4. The van der Waals surface area contributed by atoms with E-state index in [0.717, 1.165) is 12.1 Å². The number of nitrogens with zero attached hydrogens (tertiary/aromatic N) is 3. The van der Waals surface area contributed by atoms with Crippen LogP contribution in [0, 0.1) is 16.0 Å². The highest BCUT2D eigenvalue weighted by molar-refractivity contribution is 5.85. The summed E-state index contributed by atoms with van der Waals surface area (Å²) in [6, 6.07) is 2.20. The lowest BCUT2D eigenvalue weighted by Gasteiger charge is -2.37. The molecule has 1 amide bonds. The van der Waals surface area contributed by atoms with E-state index >= 15 is 0 Å². The summed E-state index contributed by atoms with van der Waals surface area (Å²) in [6.45, 7) is 4.72. The van der Waals surface area contributed by atoms with Crippen molar-refractivity contribution < 1.29 is 22.9 Å². The quantitative estimate of drug-likeness (QED) is 0.608. The van der Waals surface area contributed by atoms with Gasteiger partial charge in [-0.3, -0.25) is 14.9 Å². The van der Waals surface area contributed by atoms with E-state index in [9.17, 15) is 28.1 Å². The number of piperazine rings is 1. The van der Waals surface area contributed by atoms with Crippen molar-refractivity contribution >= 4 is 29.7 Å². The maximum Gasteiger partial charge on any atom is 0.416 e. The van der Waals surface area contributed by atoms with Crippen molar-refractivity contribution in [2.24, 2.45) is 11.7 Å². The largest absolute Gasteiger partial charge is 0.416 e. The summed E-state index contributed by atoms with van der Waals surface area (Å²) in [5.74, 6) is -0.441. The van der Waals surface area contributed by atoms with E-state index in [1.807, 2.05) is 0 Å². The molecule has 1 aromatic carbocycles. The molecule has 11 heteroatoms. The van der Waals surface area contributed by atoms with Crippen molar-refractivity contribution in [1.82, 2.24) is 4.90 Å². The van der Waals surface area contributed by atoms with Crippen molar-refractivity contribution in [2.75, 3.05) is 31.1 Å². The Labute approximate surface area is 160 Å². The molecule has 1 aliphatic rings. The zero-order valence-electron chi connectivity index (χ0n) is 14.9. The molecule has 1 fully saturated rings. The van der Waals surface area contributed by atoms with Gasteiger partial charge in [-0.25, -0.2) is 0 Å². The maximum atomic E-state index is 12.8. The third kappa shape index (κ3) is 5.23. The van der Waals surface area contributed by atoms with Crippen molar-refractivity contribution in [2.45, 2.75) is 26.1 Å². The minimum Gasteiger partial charge on any atom is -0.362 e. The Morgan fingerprint density at radius 2 is 1.78 bits per heavy atom. The Hall–Kier alpha value is -2.07. The first kappa shape index (κ1) is 23.0. The van der Waals surface area contributed by atoms with Crippen LogP contribution in [0.2, 0.25) is 0 Å². The molecule has 2 rings (SSSR count). The fourth-order valence-electron chi connectivity index (χ4n) is 2.79. The van der Waals surface area contributed by atoms with E-state index in [0.29, 0.717) is 32.2 Å². The van der Waals surface area contributed by atoms with Gasteiger partial charge in [0, 0.05) is 38.3 Å². The lowest BCUT2D eigenvalue weighted by Crippen LogP contribution is -2.52. The summed E-state index contributed by atoms with van der Waals surface area (Å²) in [5, 5.41) is 11.2. The topological polar surface area (TPSA) is 92.7 Å². The molecule has 2 atom stereocenters. The second kappa shape index (κ2) is 8.75. The van der Waals surface area contributed by atoms with E-state index in [1.54, 1.807) is 23.6 Å². The second-order valence-corrected chi connectivity index (χ2v) is 6.42. The Morgan fingerprint density at radius 1 is 1.22 bits per heavy atom. The molecule has 1 aromatic rings. The number of alkyl halides is 3. The first-order valence-corrected chi connectivity index (χ1v) is 8.17. The molecule has 0 spiro atoms. The first-order valence-electron chi connectivity index (χ1n) is 8.17. The number of nitro benzene ring substituents is 1. The molecule has 2 unspecified atom stereocenters. The van der Waals surface area contributed by atoms with Crippen LogP contribution in [-0.4, -0.2) is 48.0 Å². The number of nitrogens with two attached hydrogens (primary N) is 1. The number of benzene rings is 1. The lowest BCUT2D eigenvalue weighted by molar-refractivity contribution is -0.384. The van der Waals surface area contributed by atoms with Crippen LogP contribution in [0.25, 0.3) is 0 Å². The van der Waals surface area contributed by atoms with Crippen LogP contribution in [0.1, 0.15) is 19.4 Å². The van der Waals surface area contributed by atoms with Gasteiger partial charge in [-0.15, -0.1) is 12.4 Å². The van der Waals surface area contributed by atoms with E-state index in [2.05, 4.69) is 0 Å². The highest BCUT2D eigenvalue weighted by Gasteiger charge is 2.34. The molecule has 1 saturated heterocycles. The summed E-state index contributed by atoms with van der Waals surface area (Å²) in [6.07, 6.45) is -4.65. The average Bonchev–Trinajstić information content (AvgIpc) is 2.59. The van der Waals surface area contributed by atoms with Crippen LogP contribution in [0.15, 0.2) is 18.2 Å². The SMILES string of the molecule is CC(N)C(C)C(=O)N1CCN(c2ccc(C(F)(F)F)cc2[N+](=O)[O-])CC1.Cl. The fourth-order valence-corrected chi connectivity index (χ4v) is 2.79. The third-order valence-corrected chi connectivity index (χ3v) is 4.61. The zero-order valence-corrected chi connectivity index (χ0v) is 15.7. The molecular weight excluding hydrogens is 389 g/mol. The molecular formula is C16H22ClF3N4O3. The number of nitro groups is 1. The Morgan fingerprint density at radius 3 is 2.22 bits per heavy atom. The van der Waals surface area contributed by atoms with Gasteiger partial charge in [-0.05, 0) is 19.1 Å². The van der Waals surface area contributed by atoms with E-state index < -0.39 is 22.4 Å². The lowest BCUT2D eigenvalue weighted by atomic mass is 10.0. The second-order valence-electron chi connectivity index (χ2n) is 6.42. The predicted octanol–water partition coefficient (Wildman–Crippen LogP) is 2.67. The van der Waals surface area contributed by atoms with Gasteiger partial charge in [0.05, 0.1) is 16.4 Å². The maximum absolute atomic E-state index is 12.8. The van der Waals surface area contributed by atoms with Crippen molar-refractivity contribution in [3.63, 3.8) is 0 Å². The predicted molar refractivity (Wildman–Crippen MR) is 97.0 cm³/mol. The van der Waals surface area contributed by atoms with Gasteiger partial charge in [-0.1, -0.05) is 6.92 Å². The third-order valence-electron chi connectivity index (χ3n) is 4.61. The number of amides is 1. The highest BCUT2D eigenvalue weighted by Crippen LogP contribution is 2.36. The summed E-state index contributed by atoms with van der Waals surface area (Å²) in [7, 11) is 0. The van der Waals surface area contributed by atoms with E-state index in [-0.39, 0.29) is 36.0 Å². The number of carbonyl (C=O) groups excluding carboxylic acids is 1. The van der Waals surface area contributed by atoms with Crippen molar-refractivity contribution in [3.8, 4) is 0 Å². The van der Waals surface area contributed by atoms with Crippen LogP contribution >= 0.6 is 12.4 Å². The van der Waals surface area contributed by atoms with Gasteiger partial charge in [0.2, 0.25) is 5.91 Å². The summed E-state index contributed by atoms with van der Waals surface area (Å²) in [4.78, 5) is 26.0. The average molecular weight is 411 g/mol. The molecule has 0 saturated carbocycles. The zero-order chi connectivity index (χ0) is 19.6. The summed E-state index contributed by atoms with van der Waals surface area (Å²) in [5.41, 5.74) is 4.20. The molecule has 0 aromatic heterocycles. The number of hydrogen-bond acceptors (Lipinski definition) is 5. The number of rotatable bonds is 4. The Kier molecular flexibility index (Phi) is 7.44. The minimum atomic E-state index is -4.65. The van der Waals surface area contributed by atoms with Gasteiger partial charge in [0.15, 0.2) is 0 Å². The van der Waals surface area contributed by atoms with E-state index in [4.69, 9.17) is 5.73 Å². The van der Waals surface area contributed by atoms with Gasteiger partial charge in [-0.2, -0.15) is 13.2 Å². The van der Waals surface area contributed by atoms with E-state index in [1.165, 1.54) is 0 Å². The van der Waals surface area contributed by atoms with Crippen molar-refractivity contribution in [1.29, 1.82) is 0 Å². The number of anilines is 1. The van der Waals surface area contributed by atoms with Gasteiger partial charge >= 0.3 is 6.18 Å². The molecule has 2 N–H and O–H groups in total. The number of hydrogen-bond donors (Lipinski definition) is 1. The van der Waals surface area contributed by atoms with Crippen LogP contribution in [0.3, 0.4) is 0 Å². The molecule has 1 heterocycles. The smallest absolute Gasteiger partial charge is 0.362 e. The molecule has 27 heavy (non-hydrogen) atoms. The summed E-state index contributed by atoms with van der Waals surface area (Å²) < 4.78 is 38.4. The van der Waals surface area contributed by atoms with Gasteiger partial charge < -0.3 is 15.5 Å². The fraction of sp³-hybridized carbons (Fsp3) is 0.562. The van der Waals surface area contributed by atoms with Gasteiger partial charge in [0.25, 0.3) is 5.69 Å². The molecule has 1 aliphatic heterocycles. The monoisotopic (exact) mass is 410 g/mol. The Bertz CT molecular complexity index is 692. The van der Waals surface area contributed by atoms with Crippen LogP contribution in [0.4, 0.5) is 24.5 Å². The summed E-state index contributed by atoms with van der Waals surface area (Å²) >= 11 is 0. The van der Waals surface area contributed by atoms with Crippen LogP contribution < -0.4 is 10.6 Å². The molecule has 0 bridgehead atoms. The standard InChI is InChI=1S/C16H21F3N4O3.ClH/c1-10(11(2)20)15(24)22-7-5-21(6-8-22)13-4-3-12(16(17,18)19)9-14(13)23(25)26;/h3-4,9-11H,5-8,20H2,1-2H3;1H. The molecule has 7 nitrogen and oxygen atoms in total. The normalized spacial score (nSPS) is 17.1. The molecule has 152 valence electrons. The minimum absolute atomic E-state index is 0. The van der Waals surface area contributed by atoms with Gasteiger partial charge in [0.1, 0.15) is 5.69 Å².